The normalized spacial score (nSPS) is 16.1. The van der Waals surface area contributed by atoms with Crippen LogP contribution in [0.25, 0.3) is 6.08 Å². The van der Waals surface area contributed by atoms with Gasteiger partial charge in [0.05, 0.1) is 37.3 Å². The van der Waals surface area contributed by atoms with Gasteiger partial charge in [-0.1, -0.05) is 30.3 Å². The SMILES string of the molecule is O=[N+]([O-])c1ccc[nH+]c1N1CCN(S(=O)(=O)/C=C/c2ccccc2)CC1. The number of benzene rings is 1. The zero-order valence-corrected chi connectivity index (χ0v) is 14.8. The van der Waals surface area contributed by atoms with Crippen molar-refractivity contribution in [2.75, 3.05) is 31.1 Å². The van der Waals surface area contributed by atoms with Crippen LogP contribution < -0.4 is 9.88 Å². The molecule has 0 atom stereocenters. The summed E-state index contributed by atoms with van der Waals surface area (Å²) in [5.74, 6) is 0.398. The number of aromatic amines is 1. The summed E-state index contributed by atoms with van der Waals surface area (Å²) in [6, 6.07) is 12.2. The Morgan fingerprint density at radius 2 is 1.73 bits per heavy atom. The summed E-state index contributed by atoms with van der Waals surface area (Å²) < 4.78 is 26.4. The van der Waals surface area contributed by atoms with Crippen LogP contribution in [0, 0.1) is 10.1 Å². The topological polar surface area (TPSA) is 97.9 Å². The summed E-state index contributed by atoms with van der Waals surface area (Å²) in [5, 5.41) is 12.4. The van der Waals surface area contributed by atoms with E-state index in [0.717, 1.165) is 5.56 Å². The van der Waals surface area contributed by atoms with E-state index < -0.39 is 14.9 Å². The monoisotopic (exact) mass is 375 g/mol. The van der Waals surface area contributed by atoms with Gasteiger partial charge in [0.1, 0.15) is 0 Å². The molecule has 1 aliphatic heterocycles. The van der Waals surface area contributed by atoms with E-state index in [-0.39, 0.29) is 18.8 Å². The molecular weight excluding hydrogens is 356 g/mol. The van der Waals surface area contributed by atoms with Crippen molar-refractivity contribution in [2.45, 2.75) is 0 Å². The summed E-state index contributed by atoms with van der Waals surface area (Å²) in [4.78, 5) is 15.4. The van der Waals surface area contributed by atoms with Gasteiger partial charge in [-0.15, -0.1) is 0 Å². The number of hydrogen-bond acceptors (Lipinski definition) is 5. The zero-order valence-electron chi connectivity index (χ0n) is 14.0. The van der Waals surface area contributed by atoms with Crippen LogP contribution in [-0.4, -0.2) is 43.8 Å². The molecule has 0 radical (unpaired) electrons. The minimum Gasteiger partial charge on any atom is -0.258 e. The van der Waals surface area contributed by atoms with E-state index in [0.29, 0.717) is 18.9 Å². The first-order chi connectivity index (χ1) is 12.5. The number of nitrogens with one attached hydrogen (secondary N) is 1. The Bertz CT molecular complexity index is 907. The van der Waals surface area contributed by atoms with Gasteiger partial charge in [0.2, 0.25) is 10.0 Å². The van der Waals surface area contributed by atoms with Crippen molar-refractivity contribution in [1.82, 2.24) is 4.31 Å². The Morgan fingerprint density at radius 1 is 1.04 bits per heavy atom. The second kappa shape index (κ2) is 7.63. The van der Waals surface area contributed by atoms with E-state index in [1.165, 1.54) is 15.8 Å². The van der Waals surface area contributed by atoms with Crippen LogP contribution in [0.1, 0.15) is 5.56 Å². The first kappa shape index (κ1) is 18.0. The van der Waals surface area contributed by atoms with Crippen LogP contribution in [0.4, 0.5) is 11.5 Å². The molecule has 8 nitrogen and oxygen atoms in total. The second-order valence-corrected chi connectivity index (χ2v) is 7.62. The highest BCUT2D eigenvalue weighted by molar-refractivity contribution is 7.92. The van der Waals surface area contributed by atoms with Crippen molar-refractivity contribution in [1.29, 1.82) is 0 Å². The van der Waals surface area contributed by atoms with Crippen molar-refractivity contribution in [3.8, 4) is 0 Å². The maximum Gasteiger partial charge on any atom is 0.357 e. The Balaban J connectivity index is 1.68. The molecule has 1 aromatic carbocycles. The number of aromatic nitrogens is 1. The summed E-state index contributed by atoms with van der Waals surface area (Å²) >= 11 is 0. The Morgan fingerprint density at radius 3 is 2.38 bits per heavy atom. The molecule has 136 valence electrons. The number of rotatable bonds is 5. The molecule has 2 aromatic rings. The Kier molecular flexibility index (Phi) is 5.29. The highest BCUT2D eigenvalue weighted by Gasteiger charge is 2.33. The number of hydrogen-bond donors (Lipinski definition) is 0. The van der Waals surface area contributed by atoms with Gasteiger partial charge in [0, 0.05) is 11.5 Å². The summed E-state index contributed by atoms with van der Waals surface area (Å²) in [7, 11) is -3.53. The molecule has 0 unspecified atom stereocenters. The van der Waals surface area contributed by atoms with Crippen molar-refractivity contribution >= 4 is 27.6 Å². The number of nitrogens with zero attached hydrogens (tertiary/aromatic N) is 3. The maximum atomic E-state index is 12.5. The lowest BCUT2D eigenvalue weighted by atomic mass is 10.2. The minimum absolute atomic E-state index is 0.0206. The van der Waals surface area contributed by atoms with Crippen molar-refractivity contribution < 1.29 is 18.3 Å². The largest absolute Gasteiger partial charge is 0.357 e. The van der Waals surface area contributed by atoms with Gasteiger partial charge < -0.3 is 0 Å². The van der Waals surface area contributed by atoms with E-state index in [2.05, 4.69) is 4.98 Å². The smallest absolute Gasteiger partial charge is 0.258 e. The van der Waals surface area contributed by atoms with Crippen LogP contribution in [0.15, 0.2) is 54.1 Å². The standard InChI is InChI=1S/C17H18N4O4S/c22-21(23)16-7-4-9-18-17(16)19-10-12-20(13-11-19)26(24,25)14-8-15-5-2-1-3-6-15/h1-9,14H,10-13H2/p+1/b14-8+. The highest BCUT2D eigenvalue weighted by Crippen LogP contribution is 2.24. The van der Waals surface area contributed by atoms with Gasteiger partial charge in [0.15, 0.2) is 0 Å². The molecule has 1 saturated heterocycles. The van der Waals surface area contributed by atoms with Crippen LogP contribution in [0.5, 0.6) is 0 Å². The lowest BCUT2D eigenvalue weighted by Gasteiger charge is -2.29. The van der Waals surface area contributed by atoms with E-state index in [4.69, 9.17) is 0 Å². The number of piperazine rings is 1. The van der Waals surface area contributed by atoms with E-state index in [1.807, 2.05) is 30.3 Å². The molecule has 0 bridgehead atoms. The zero-order chi connectivity index (χ0) is 18.6. The van der Waals surface area contributed by atoms with E-state index in [1.54, 1.807) is 23.2 Å². The van der Waals surface area contributed by atoms with Crippen LogP contribution in [0.3, 0.4) is 0 Å². The third-order valence-corrected chi connectivity index (χ3v) is 5.72. The second-order valence-electron chi connectivity index (χ2n) is 5.81. The fourth-order valence-corrected chi connectivity index (χ4v) is 3.97. The molecule has 0 spiro atoms. The van der Waals surface area contributed by atoms with Crippen LogP contribution >= 0.6 is 0 Å². The molecule has 1 aromatic heterocycles. The number of anilines is 1. The van der Waals surface area contributed by atoms with Gasteiger partial charge in [-0.2, -0.15) is 4.31 Å². The number of nitro groups is 1. The van der Waals surface area contributed by atoms with Gasteiger partial charge in [0.25, 0.3) is 0 Å². The Hall–Kier alpha value is -2.78. The molecule has 0 saturated carbocycles. The molecular formula is C17H19N4O4S+. The van der Waals surface area contributed by atoms with Crippen molar-refractivity contribution in [3.63, 3.8) is 0 Å². The molecule has 0 amide bonds. The minimum atomic E-state index is -3.53. The van der Waals surface area contributed by atoms with Crippen molar-refractivity contribution in [3.05, 3.63) is 69.7 Å². The molecule has 9 heteroatoms. The number of sulfonamides is 1. The summed E-state index contributed by atoms with van der Waals surface area (Å²) in [5.41, 5.74) is 0.789. The fraction of sp³-hybridized carbons (Fsp3) is 0.235. The van der Waals surface area contributed by atoms with Gasteiger partial charge in [-0.05, 0) is 17.7 Å². The van der Waals surface area contributed by atoms with E-state index in [9.17, 15) is 18.5 Å². The molecule has 0 aliphatic carbocycles. The molecule has 26 heavy (non-hydrogen) atoms. The average molecular weight is 375 g/mol. The highest BCUT2D eigenvalue weighted by atomic mass is 32.2. The third kappa shape index (κ3) is 4.06. The lowest BCUT2D eigenvalue weighted by molar-refractivity contribution is -0.411. The maximum absolute atomic E-state index is 12.5. The van der Waals surface area contributed by atoms with Gasteiger partial charge >= 0.3 is 11.5 Å². The number of pyridine rings is 1. The molecule has 1 fully saturated rings. The van der Waals surface area contributed by atoms with Crippen LogP contribution in [0.2, 0.25) is 0 Å². The summed E-state index contributed by atoms with van der Waals surface area (Å²) in [6.07, 6.45) is 3.19. The van der Waals surface area contributed by atoms with Gasteiger partial charge in [-0.3, -0.25) is 15.0 Å². The predicted molar refractivity (Wildman–Crippen MR) is 97.8 cm³/mol. The Labute approximate surface area is 151 Å². The first-order valence-electron chi connectivity index (χ1n) is 8.11. The van der Waals surface area contributed by atoms with Crippen LogP contribution in [-0.2, 0) is 10.0 Å². The van der Waals surface area contributed by atoms with Crippen molar-refractivity contribution in [2.24, 2.45) is 0 Å². The summed E-state index contributed by atoms with van der Waals surface area (Å²) in [6.45, 7) is 1.28. The van der Waals surface area contributed by atoms with Gasteiger partial charge in [-0.25, -0.2) is 13.4 Å². The van der Waals surface area contributed by atoms with E-state index >= 15 is 0 Å². The third-order valence-electron chi connectivity index (χ3n) is 4.16. The average Bonchev–Trinajstić information content (AvgIpc) is 2.67. The molecule has 1 N–H and O–H groups in total. The predicted octanol–water partition coefficient (Wildman–Crippen LogP) is 1.53. The number of H-pyrrole nitrogens is 1. The lowest BCUT2D eigenvalue weighted by Crippen LogP contribution is -2.49. The molecule has 1 aliphatic rings. The molecule has 2 heterocycles. The first-order valence-corrected chi connectivity index (χ1v) is 9.61. The quantitative estimate of drug-likeness (QED) is 0.583. The fourth-order valence-electron chi connectivity index (χ4n) is 2.80. The molecule has 3 rings (SSSR count).